The Morgan fingerprint density at radius 2 is 1.84 bits per heavy atom. The van der Waals surface area contributed by atoms with E-state index >= 15 is 0 Å². The second-order valence-corrected chi connectivity index (χ2v) is 9.41. The predicted octanol–water partition coefficient (Wildman–Crippen LogP) is 3.10. The summed E-state index contributed by atoms with van der Waals surface area (Å²) in [6, 6.07) is 5.54. The van der Waals surface area contributed by atoms with Crippen LogP contribution in [0.15, 0.2) is 24.3 Å². The highest BCUT2D eigenvalue weighted by Gasteiger charge is 2.18. The van der Waals surface area contributed by atoms with Gasteiger partial charge in [0.25, 0.3) is 0 Å². The maximum Gasteiger partial charge on any atom is 0.330 e. The summed E-state index contributed by atoms with van der Waals surface area (Å²) in [5, 5.41) is 0. The van der Waals surface area contributed by atoms with E-state index in [2.05, 4.69) is 24.4 Å². The highest BCUT2D eigenvalue weighted by Crippen LogP contribution is 2.30. The van der Waals surface area contributed by atoms with E-state index in [1.54, 1.807) is 13.2 Å². The molecule has 0 spiro atoms. The molecule has 0 aliphatic heterocycles. The number of benzene rings is 1. The number of ether oxygens (including phenoxy) is 2. The van der Waals surface area contributed by atoms with Crippen LogP contribution in [0.25, 0.3) is 6.08 Å². The number of rotatable bonds is 5. The van der Waals surface area contributed by atoms with E-state index in [0.717, 1.165) is 5.56 Å². The molecule has 0 saturated carbocycles. The molecule has 19 heavy (non-hydrogen) atoms. The fraction of sp³-hybridized carbons (Fsp3) is 0.357. The van der Waals surface area contributed by atoms with Crippen LogP contribution in [0.4, 0.5) is 0 Å². The quantitative estimate of drug-likeness (QED) is 0.472. The first-order chi connectivity index (χ1) is 8.85. The van der Waals surface area contributed by atoms with Gasteiger partial charge in [0, 0.05) is 6.08 Å². The van der Waals surface area contributed by atoms with Gasteiger partial charge >= 0.3 is 5.97 Å². The van der Waals surface area contributed by atoms with Crippen LogP contribution >= 0.6 is 0 Å². The van der Waals surface area contributed by atoms with Crippen molar-refractivity contribution in [3.8, 4) is 11.5 Å². The lowest BCUT2D eigenvalue weighted by atomic mass is 10.2. The fourth-order valence-electron chi connectivity index (χ4n) is 1.44. The van der Waals surface area contributed by atoms with Crippen LogP contribution in [0.3, 0.4) is 0 Å². The Labute approximate surface area is 115 Å². The summed E-state index contributed by atoms with van der Waals surface area (Å²) in [6.45, 7) is 6.30. The second kappa shape index (κ2) is 6.42. The van der Waals surface area contributed by atoms with Gasteiger partial charge in [-0.15, -0.1) is 0 Å². The number of hydrogen-bond donors (Lipinski definition) is 0. The molecule has 0 N–H and O–H groups in total. The van der Waals surface area contributed by atoms with Gasteiger partial charge in [0.1, 0.15) is 5.75 Å². The van der Waals surface area contributed by atoms with Crippen LogP contribution in [0, 0.1) is 0 Å². The van der Waals surface area contributed by atoms with Gasteiger partial charge in [0.2, 0.25) is 8.32 Å². The van der Waals surface area contributed by atoms with Crippen molar-refractivity contribution in [2.24, 2.45) is 0 Å². The molecule has 1 aromatic rings. The first-order valence-electron chi connectivity index (χ1n) is 5.99. The topological polar surface area (TPSA) is 44.8 Å². The fourth-order valence-corrected chi connectivity index (χ4v) is 2.26. The van der Waals surface area contributed by atoms with Gasteiger partial charge in [0.15, 0.2) is 5.75 Å². The number of carbonyl (C=O) groups is 1. The normalized spacial score (nSPS) is 11.4. The van der Waals surface area contributed by atoms with Gasteiger partial charge in [-0.25, -0.2) is 4.79 Å². The maximum absolute atomic E-state index is 11.1. The molecular weight excluding hydrogens is 260 g/mol. The number of methoxy groups -OCH3 is 2. The summed E-state index contributed by atoms with van der Waals surface area (Å²) in [7, 11) is 1.24. The molecule has 4 nitrogen and oxygen atoms in total. The second-order valence-electron chi connectivity index (χ2n) is 4.98. The molecule has 1 aromatic carbocycles. The van der Waals surface area contributed by atoms with Crippen molar-refractivity contribution < 1.29 is 18.7 Å². The van der Waals surface area contributed by atoms with E-state index in [1.807, 2.05) is 18.2 Å². The monoisotopic (exact) mass is 280 g/mol. The molecule has 0 aromatic heterocycles. The molecule has 0 aliphatic rings. The van der Waals surface area contributed by atoms with Gasteiger partial charge in [-0.05, 0) is 43.4 Å². The Morgan fingerprint density at radius 3 is 2.37 bits per heavy atom. The Kier molecular flexibility index (Phi) is 5.17. The highest BCUT2D eigenvalue weighted by molar-refractivity contribution is 6.70. The predicted molar refractivity (Wildman–Crippen MR) is 78.0 cm³/mol. The molecule has 0 saturated heterocycles. The third-order valence-corrected chi connectivity index (χ3v) is 3.05. The Bertz CT molecular complexity index is 475. The van der Waals surface area contributed by atoms with Gasteiger partial charge in [0.05, 0.1) is 14.2 Å². The molecule has 0 bridgehead atoms. The average molecular weight is 280 g/mol. The van der Waals surface area contributed by atoms with Crippen LogP contribution in [0.5, 0.6) is 11.5 Å². The standard InChI is InChI=1S/C14H20O4Si/c1-16-12-8-6-11(7-9-14(15)17-2)10-13(12)18-19(3,4)5/h6-10H,1-5H3. The summed E-state index contributed by atoms with van der Waals surface area (Å²) < 4.78 is 15.8. The number of hydrogen-bond acceptors (Lipinski definition) is 4. The van der Waals surface area contributed by atoms with Crippen molar-refractivity contribution in [2.75, 3.05) is 14.2 Å². The Balaban J connectivity index is 3.01. The summed E-state index contributed by atoms with van der Waals surface area (Å²) in [6.07, 6.45) is 3.06. The molecule has 0 heterocycles. The number of esters is 1. The molecule has 0 radical (unpaired) electrons. The van der Waals surface area contributed by atoms with E-state index in [0.29, 0.717) is 11.5 Å². The summed E-state index contributed by atoms with van der Waals surface area (Å²) >= 11 is 0. The third-order valence-electron chi connectivity index (χ3n) is 2.22. The zero-order valence-electron chi connectivity index (χ0n) is 12.0. The van der Waals surface area contributed by atoms with E-state index in [4.69, 9.17) is 9.16 Å². The molecule has 1 rings (SSSR count). The van der Waals surface area contributed by atoms with Gasteiger partial charge in [-0.3, -0.25) is 0 Å². The van der Waals surface area contributed by atoms with Crippen molar-refractivity contribution in [2.45, 2.75) is 19.6 Å². The molecule has 0 amide bonds. The molecule has 0 atom stereocenters. The molecule has 0 aliphatic carbocycles. The lowest BCUT2D eigenvalue weighted by molar-refractivity contribution is -0.134. The zero-order valence-corrected chi connectivity index (χ0v) is 13.0. The minimum atomic E-state index is -1.72. The van der Waals surface area contributed by atoms with E-state index < -0.39 is 8.32 Å². The molecule has 0 unspecified atom stereocenters. The Morgan fingerprint density at radius 1 is 1.16 bits per heavy atom. The maximum atomic E-state index is 11.1. The largest absolute Gasteiger partial charge is 0.542 e. The van der Waals surface area contributed by atoms with Gasteiger partial charge < -0.3 is 13.9 Å². The van der Waals surface area contributed by atoms with E-state index in [1.165, 1.54) is 13.2 Å². The summed E-state index contributed by atoms with van der Waals surface area (Å²) in [5.41, 5.74) is 0.861. The molecular formula is C14H20O4Si. The van der Waals surface area contributed by atoms with Crippen molar-refractivity contribution in [1.82, 2.24) is 0 Å². The zero-order chi connectivity index (χ0) is 14.5. The minimum Gasteiger partial charge on any atom is -0.542 e. The van der Waals surface area contributed by atoms with E-state index in [9.17, 15) is 4.79 Å². The van der Waals surface area contributed by atoms with Crippen LogP contribution in [0.2, 0.25) is 19.6 Å². The molecule has 104 valence electrons. The molecule has 5 heteroatoms. The van der Waals surface area contributed by atoms with Crippen LogP contribution in [-0.4, -0.2) is 28.5 Å². The first-order valence-corrected chi connectivity index (χ1v) is 9.39. The van der Waals surface area contributed by atoms with Gasteiger partial charge in [-0.1, -0.05) is 6.07 Å². The minimum absolute atomic E-state index is 0.386. The van der Waals surface area contributed by atoms with Crippen LogP contribution in [0.1, 0.15) is 5.56 Å². The van der Waals surface area contributed by atoms with Gasteiger partial charge in [-0.2, -0.15) is 0 Å². The van der Waals surface area contributed by atoms with Crippen molar-refractivity contribution in [3.05, 3.63) is 29.8 Å². The first kappa shape index (κ1) is 15.3. The highest BCUT2D eigenvalue weighted by atomic mass is 28.4. The average Bonchev–Trinajstić information content (AvgIpc) is 2.34. The molecule has 0 fully saturated rings. The van der Waals surface area contributed by atoms with Crippen LogP contribution in [-0.2, 0) is 9.53 Å². The van der Waals surface area contributed by atoms with Crippen molar-refractivity contribution in [1.29, 1.82) is 0 Å². The summed E-state index contributed by atoms with van der Waals surface area (Å²) in [5.74, 6) is 1.01. The summed E-state index contributed by atoms with van der Waals surface area (Å²) in [4.78, 5) is 11.1. The lowest BCUT2D eigenvalue weighted by Gasteiger charge is -2.21. The lowest BCUT2D eigenvalue weighted by Crippen LogP contribution is -2.29. The SMILES string of the molecule is COC(=O)C=Cc1ccc(OC)c(O[Si](C)(C)C)c1. The van der Waals surface area contributed by atoms with Crippen molar-refractivity contribution in [3.63, 3.8) is 0 Å². The smallest absolute Gasteiger partial charge is 0.330 e. The number of carbonyl (C=O) groups excluding carboxylic acids is 1. The van der Waals surface area contributed by atoms with Crippen LogP contribution < -0.4 is 9.16 Å². The van der Waals surface area contributed by atoms with E-state index in [-0.39, 0.29) is 5.97 Å². The van der Waals surface area contributed by atoms with Crippen molar-refractivity contribution >= 4 is 20.4 Å². The third kappa shape index (κ3) is 5.17. The Hall–Kier alpha value is -1.75.